The summed E-state index contributed by atoms with van der Waals surface area (Å²) in [5, 5.41) is 31.5. The van der Waals surface area contributed by atoms with Crippen LogP contribution in [0.4, 0.5) is 34.9 Å². The van der Waals surface area contributed by atoms with Crippen molar-refractivity contribution in [3.8, 4) is 11.5 Å². The van der Waals surface area contributed by atoms with Crippen molar-refractivity contribution in [3.63, 3.8) is 0 Å². The van der Waals surface area contributed by atoms with Crippen molar-refractivity contribution >= 4 is 84.7 Å². The molecular weight excluding hydrogens is 961 g/mol. The lowest BCUT2D eigenvalue weighted by Crippen LogP contribution is -2.10. The molecule has 0 amide bonds. The topological polar surface area (TPSA) is 241 Å². The molecule has 76 heavy (non-hydrogen) atoms. The van der Waals surface area contributed by atoms with Crippen molar-refractivity contribution in [2.75, 3.05) is 22.7 Å². The minimum absolute atomic E-state index is 0.257. The number of pyridine rings is 1. The van der Waals surface area contributed by atoms with E-state index in [1.807, 2.05) is 96.7 Å². The molecular formula is C54H50N20O2. The molecule has 7 aliphatic rings. The summed E-state index contributed by atoms with van der Waals surface area (Å²) in [6.45, 7) is 12.4. The van der Waals surface area contributed by atoms with Crippen molar-refractivity contribution in [3.05, 3.63) is 108 Å². The molecule has 18 rings (SSSR count). The van der Waals surface area contributed by atoms with Crippen molar-refractivity contribution in [1.82, 2.24) is 83.8 Å². The van der Waals surface area contributed by atoms with Gasteiger partial charge in [0.25, 0.3) is 0 Å². The van der Waals surface area contributed by atoms with Crippen molar-refractivity contribution in [1.29, 1.82) is 0 Å². The van der Waals surface area contributed by atoms with Crippen LogP contribution in [0.2, 0.25) is 0 Å². The molecule has 1 aliphatic heterocycles. The van der Waals surface area contributed by atoms with Gasteiger partial charge in [-0.05, 0) is 139 Å². The number of aryl methyl sites for hydroxylation is 6. The highest BCUT2D eigenvalue weighted by Crippen LogP contribution is 2.74. The standard InChI is InChI=1S/C19H17N7.C18H17N5O2.C17H16N8/c1-10-5-15-16(21-4-3-20-15)6-14(10)23-18-22-9-13-11(2)25-26(17(13)24-18)19-7-12(19)8-19;1-9-3-14-15(25-8-24-14)4-13(9)20-17-19-7-12-10(2)22-23(16(12)21-17)18-5-11(18)6-18;1-9-3-14-19-8-20-24(14)7-13(9)21-16-18-6-12-10(2)23-25(15(12)22-16)17-4-11(17)5-17/h3-6,9,12H,7-8H2,1-2H3,(H,22,23,24);3-4,7,11H,5-6,8H2,1-2H3,(H,19,20,21);3,6-8,11H,4-5H2,1-2H3,(H,18,21,22). The number of hydrogen-bond donors (Lipinski definition) is 3. The fourth-order valence-corrected chi connectivity index (χ4v) is 11.2. The van der Waals surface area contributed by atoms with E-state index in [-0.39, 0.29) is 23.4 Å². The van der Waals surface area contributed by atoms with Gasteiger partial charge >= 0.3 is 0 Å². The average Bonchev–Trinajstić information content (AvgIpc) is 4.44. The van der Waals surface area contributed by atoms with Crippen LogP contribution in [0.3, 0.4) is 0 Å². The first kappa shape index (κ1) is 43.4. The zero-order valence-corrected chi connectivity index (χ0v) is 42.5. The summed E-state index contributed by atoms with van der Waals surface area (Å²) in [5.74, 6) is 5.66. The number of fused-ring (bicyclic) bond motifs is 9. The summed E-state index contributed by atoms with van der Waals surface area (Å²) in [4.78, 5) is 40.7. The van der Waals surface area contributed by atoms with Crippen LogP contribution in [0.15, 0.2) is 73.8 Å². The van der Waals surface area contributed by atoms with Gasteiger partial charge in [-0.2, -0.15) is 35.3 Å². The van der Waals surface area contributed by atoms with Crippen LogP contribution in [0.25, 0.3) is 49.8 Å². The van der Waals surface area contributed by atoms with Crippen molar-refractivity contribution < 1.29 is 9.47 Å². The van der Waals surface area contributed by atoms with Gasteiger partial charge < -0.3 is 25.4 Å². The first-order valence-electron chi connectivity index (χ1n) is 25.8. The molecule has 22 nitrogen and oxygen atoms in total. The Morgan fingerprint density at radius 1 is 0.487 bits per heavy atom. The van der Waals surface area contributed by atoms with E-state index in [4.69, 9.17) is 39.7 Å². The van der Waals surface area contributed by atoms with Crippen LogP contribution in [0.1, 0.15) is 72.3 Å². The molecule has 11 aromatic rings. The van der Waals surface area contributed by atoms with Gasteiger partial charge in [-0.15, -0.1) is 0 Å². The van der Waals surface area contributed by atoms with E-state index in [0.717, 1.165) is 130 Å². The summed E-state index contributed by atoms with van der Waals surface area (Å²) < 4.78 is 19.0. The van der Waals surface area contributed by atoms with Gasteiger partial charge in [-0.25, -0.2) is 38.5 Å². The number of hydrogen-bond acceptors (Lipinski definition) is 18. The Hall–Kier alpha value is -8.95. The minimum Gasteiger partial charge on any atom is -0.454 e. The van der Waals surface area contributed by atoms with Crippen LogP contribution in [0, 0.1) is 59.3 Å². The van der Waals surface area contributed by atoms with Gasteiger partial charge in [0.15, 0.2) is 34.1 Å². The van der Waals surface area contributed by atoms with E-state index in [1.165, 1.54) is 38.5 Å². The highest BCUT2D eigenvalue weighted by molar-refractivity contribution is 5.84. The molecule has 0 radical (unpaired) electrons. The Balaban J connectivity index is 0.0000000962. The van der Waals surface area contributed by atoms with E-state index in [9.17, 15) is 0 Å². The fraction of sp³-hybridized carbons (Fsp3) is 0.352. The predicted octanol–water partition coefficient (Wildman–Crippen LogP) is 8.63. The van der Waals surface area contributed by atoms with E-state index in [1.54, 1.807) is 23.2 Å². The molecule has 6 saturated carbocycles. The Labute approximate surface area is 432 Å². The quantitative estimate of drug-likeness (QED) is 0.123. The summed E-state index contributed by atoms with van der Waals surface area (Å²) in [6, 6.07) is 9.90. The maximum atomic E-state index is 5.47. The molecule has 0 bridgehead atoms. The maximum Gasteiger partial charge on any atom is 0.231 e. The van der Waals surface area contributed by atoms with Gasteiger partial charge in [-0.3, -0.25) is 9.97 Å². The maximum absolute atomic E-state index is 5.47. The zero-order valence-electron chi connectivity index (χ0n) is 42.5. The summed E-state index contributed by atoms with van der Waals surface area (Å²) in [6.07, 6.45) is 19.9. The van der Waals surface area contributed by atoms with Gasteiger partial charge in [0.1, 0.15) is 6.33 Å². The van der Waals surface area contributed by atoms with E-state index in [0.29, 0.717) is 17.8 Å². The number of benzene rings is 2. The molecule has 6 fully saturated rings. The Morgan fingerprint density at radius 3 is 1.39 bits per heavy atom. The van der Waals surface area contributed by atoms with Crippen LogP contribution in [-0.4, -0.2) is 90.6 Å². The van der Waals surface area contributed by atoms with Crippen molar-refractivity contribution in [2.45, 2.75) is 96.7 Å². The third-order valence-electron chi connectivity index (χ3n) is 16.9. The normalized spacial score (nSPS) is 24.1. The Morgan fingerprint density at radius 2 is 0.908 bits per heavy atom. The van der Waals surface area contributed by atoms with Crippen LogP contribution in [-0.2, 0) is 16.6 Å². The Kier molecular flexibility index (Phi) is 8.63. The van der Waals surface area contributed by atoms with Gasteiger partial charge in [-0.1, -0.05) is 0 Å². The lowest BCUT2D eigenvalue weighted by molar-refractivity contribution is 0.174. The molecule has 378 valence electrons. The highest BCUT2D eigenvalue weighted by atomic mass is 16.7. The lowest BCUT2D eigenvalue weighted by atomic mass is 10.1. The third kappa shape index (κ3) is 6.74. The van der Waals surface area contributed by atoms with Crippen LogP contribution >= 0.6 is 0 Å². The molecule has 0 spiro atoms. The molecule has 0 unspecified atom stereocenters. The third-order valence-corrected chi connectivity index (χ3v) is 16.9. The molecule has 22 heteroatoms. The Bertz CT molecular complexity index is 4290. The summed E-state index contributed by atoms with van der Waals surface area (Å²) >= 11 is 0. The smallest absolute Gasteiger partial charge is 0.231 e. The molecule has 6 aliphatic carbocycles. The van der Waals surface area contributed by atoms with E-state index < -0.39 is 0 Å². The molecule has 0 saturated heterocycles. The summed E-state index contributed by atoms with van der Waals surface area (Å²) in [7, 11) is 0. The number of aromatic nitrogens is 17. The highest BCUT2D eigenvalue weighted by Gasteiger charge is 2.74. The summed E-state index contributed by atoms with van der Waals surface area (Å²) in [5.41, 5.74) is 15.1. The monoisotopic (exact) mass is 1010 g/mol. The average molecular weight is 1010 g/mol. The van der Waals surface area contributed by atoms with E-state index >= 15 is 0 Å². The molecule has 10 heterocycles. The lowest BCUT2D eigenvalue weighted by Gasteiger charge is -2.10. The molecule has 3 N–H and O–H groups in total. The predicted molar refractivity (Wildman–Crippen MR) is 281 cm³/mol. The second-order valence-electron chi connectivity index (χ2n) is 22.0. The second-order valence-corrected chi connectivity index (χ2v) is 22.0. The minimum atomic E-state index is 0.257. The second kappa shape index (κ2) is 15.1. The molecule has 0 atom stereocenters. The number of anilines is 6. The van der Waals surface area contributed by atoms with Gasteiger partial charge in [0.05, 0.1) is 72.8 Å². The first-order chi connectivity index (χ1) is 36.9. The van der Waals surface area contributed by atoms with Crippen LogP contribution < -0.4 is 25.4 Å². The van der Waals surface area contributed by atoms with E-state index in [2.05, 4.69) is 65.0 Å². The first-order valence-corrected chi connectivity index (χ1v) is 25.8. The van der Waals surface area contributed by atoms with Crippen molar-refractivity contribution in [2.24, 2.45) is 17.8 Å². The SMILES string of the molecule is Cc1cc2c(cc1Nc1ncc3c(C)nn(C45CC4C5)c3n1)OCO2.Cc1cc2nccnc2cc1Nc1ncc2c(C)nn(C34CC3C4)c2n1.Cc1cc2ncnn2cc1Nc1ncc2c(C)nn(C34CC3C4)c2n1. The number of rotatable bonds is 9. The molecule has 2 aromatic carbocycles. The number of ether oxygens (including phenoxy) is 2. The van der Waals surface area contributed by atoms with Crippen LogP contribution in [0.5, 0.6) is 11.5 Å². The van der Waals surface area contributed by atoms with Gasteiger partial charge in [0, 0.05) is 48.4 Å². The fourth-order valence-electron chi connectivity index (χ4n) is 11.2. The number of nitrogens with zero attached hydrogens (tertiary/aromatic N) is 17. The van der Waals surface area contributed by atoms with Gasteiger partial charge in [0.2, 0.25) is 24.6 Å². The largest absolute Gasteiger partial charge is 0.454 e. The number of nitrogens with one attached hydrogen (secondary N) is 3. The zero-order chi connectivity index (χ0) is 51.0. The molecule has 9 aromatic heterocycles.